The number of carbonyl (C=O) groups is 2. The molecule has 0 unspecified atom stereocenters. The second-order valence-corrected chi connectivity index (χ2v) is 6.58. The molecule has 0 aromatic heterocycles. The summed E-state index contributed by atoms with van der Waals surface area (Å²) in [5.74, 6) is 0.704. The third kappa shape index (κ3) is 4.65. The smallest absolute Gasteiger partial charge is 0.238 e. The number of hydrogen-bond donors (Lipinski definition) is 1. The molecular weight excluding hydrogens is 342 g/mol. The summed E-state index contributed by atoms with van der Waals surface area (Å²) in [6, 6.07) is 15.1. The van der Waals surface area contributed by atoms with Crippen molar-refractivity contribution in [2.75, 3.05) is 50.1 Å². The van der Waals surface area contributed by atoms with Crippen LogP contribution in [0.2, 0.25) is 0 Å². The molecule has 1 aliphatic heterocycles. The lowest BCUT2D eigenvalue weighted by molar-refractivity contribution is -0.117. The third-order valence-electron chi connectivity index (χ3n) is 4.75. The van der Waals surface area contributed by atoms with Crippen LogP contribution in [-0.4, -0.2) is 56.4 Å². The van der Waals surface area contributed by atoms with Gasteiger partial charge in [-0.15, -0.1) is 0 Å². The summed E-state index contributed by atoms with van der Waals surface area (Å²) in [7, 11) is 1.68. The fourth-order valence-electron chi connectivity index (χ4n) is 3.33. The number of ketones is 1. The standard InChI is InChI=1S/C21H25N3O3/c1-16(25)17-7-3-4-8-18(17)22-21(26)15-23-11-13-24(14-12-23)19-9-5-6-10-20(19)27-2/h3-10H,11-15H2,1-2H3,(H,22,26). The van der Waals surface area contributed by atoms with Gasteiger partial charge in [0.2, 0.25) is 5.91 Å². The van der Waals surface area contributed by atoms with Crippen molar-refractivity contribution < 1.29 is 14.3 Å². The van der Waals surface area contributed by atoms with E-state index in [4.69, 9.17) is 4.74 Å². The Balaban J connectivity index is 1.55. The molecule has 0 aliphatic carbocycles. The van der Waals surface area contributed by atoms with Crippen molar-refractivity contribution in [3.05, 3.63) is 54.1 Å². The molecule has 1 amide bonds. The van der Waals surface area contributed by atoms with Crippen molar-refractivity contribution in [3.8, 4) is 5.75 Å². The first-order valence-corrected chi connectivity index (χ1v) is 9.08. The first kappa shape index (κ1) is 18.9. The summed E-state index contributed by atoms with van der Waals surface area (Å²) in [6.45, 7) is 5.06. The van der Waals surface area contributed by atoms with Crippen molar-refractivity contribution in [1.82, 2.24) is 4.90 Å². The van der Waals surface area contributed by atoms with Gasteiger partial charge < -0.3 is 15.0 Å². The zero-order valence-electron chi connectivity index (χ0n) is 15.8. The maximum absolute atomic E-state index is 12.4. The van der Waals surface area contributed by atoms with E-state index in [9.17, 15) is 9.59 Å². The van der Waals surface area contributed by atoms with Gasteiger partial charge in [0.25, 0.3) is 0 Å². The molecule has 6 nitrogen and oxygen atoms in total. The van der Waals surface area contributed by atoms with Crippen LogP contribution < -0.4 is 15.0 Å². The second-order valence-electron chi connectivity index (χ2n) is 6.58. The minimum atomic E-state index is -0.102. The summed E-state index contributed by atoms with van der Waals surface area (Å²) >= 11 is 0. The quantitative estimate of drug-likeness (QED) is 0.796. The summed E-state index contributed by atoms with van der Waals surface area (Å²) in [6.07, 6.45) is 0. The van der Waals surface area contributed by atoms with E-state index in [0.717, 1.165) is 37.6 Å². The molecule has 1 heterocycles. The van der Waals surface area contributed by atoms with Crippen LogP contribution in [0.1, 0.15) is 17.3 Å². The third-order valence-corrected chi connectivity index (χ3v) is 4.75. The second kappa shape index (κ2) is 8.68. The molecular formula is C21H25N3O3. The van der Waals surface area contributed by atoms with Crippen molar-refractivity contribution in [2.24, 2.45) is 0 Å². The number of nitrogens with zero attached hydrogens (tertiary/aromatic N) is 2. The number of rotatable bonds is 6. The van der Waals surface area contributed by atoms with E-state index in [0.29, 0.717) is 17.8 Å². The number of hydrogen-bond acceptors (Lipinski definition) is 5. The first-order chi connectivity index (χ1) is 13.1. The van der Waals surface area contributed by atoms with E-state index < -0.39 is 0 Å². The van der Waals surface area contributed by atoms with Crippen LogP contribution in [0.25, 0.3) is 0 Å². The van der Waals surface area contributed by atoms with Gasteiger partial charge in [-0.1, -0.05) is 24.3 Å². The molecule has 3 rings (SSSR count). The molecule has 1 fully saturated rings. The van der Waals surface area contributed by atoms with E-state index in [-0.39, 0.29) is 11.7 Å². The van der Waals surface area contributed by atoms with Crippen LogP contribution in [0.5, 0.6) is 5.75 Å². The number of Topliss-reactive ketones (excluding diaryl/α,β-unsaturated/α-hetero) is 1. The van der Waals surface area contributed by atoms with Crippen LogP contribution in [0.3, 0.4) is 0 Å². The van der Waals surface area contributed by atoms with Gasteiger partial charge in [-0.05, 0) is 31.2 Å². The Morgan fingerprint density at radius 1 is 1.00 bits per heavy atom. The number of anilines is 2. The number of piperazine rings is 1. The molecule has 0 saturated carbocycles. The fraction of sp³-hybridized carbons (Fsp3) is 0.333. The molecule has 1 saturated heterocycles. The molecule has 0 atom stereocenters. The maximum Gasteiger partial charge on any atom is 0.238 e. The highest BCUT2D eigenvalue weighted by Gasteiger charge is 2.21. The van der Waals surface area contributed by atoms with E-state index in [2.05, 4.69) is 21.2 Å². The molecule has 6 heteroatoms. The number of benzene rings is 2. The van der Waals surface area contributed by atoms with Crippen LogP contribution in [-0.2, 0) is 4.79 Å². The summed E-state index contributed by atoms with van der Waals surface area (Å²) in [5.41, 5.74) is 2.19. The van der Waals surface area contributed by atoms with Gasteiger partial charge in [-0.3, -0.25) is 14.5 Å². The largest absolute Gasteiger partial charge is 0.495 e. The Morgan fingerprint density at radius 2 is 1.67 bits per heavy atom. The zero-order chi connectivity index (χ0) is 19.2. The normalized spacial score (nSPS) is 14.7. The van der Waals surface area contributed by atoms with Crippen molar-refractivity contribution in [2.45, 2.75) is 6.92 Å². The summed E-state index contributed by atoms with van der Waals surface area (Å²) < 4.78 is 5.44. The number of ether oxygens (including phenoxy) is 1. The molecule has 0 bridgehead atoms. The van der Waals surface area contributed by atoms with Gasteiger partial charge >= 0.3 is 0 Å². The van der Waals surface area contributed by atoms with E-state index >= 15 is 0 Å². The monoisotopic (exact) mass is 367 g/mol. The first-order valence-electron chi connectivity index (χ1n) is 9.08. The predicted molar refractivity (Wildman–Crippen MR) is 107 cm³/mol. The van der Waals surface area contributed by atoms with Gasteiger partial charge in [-0.2, -0.15) is 0 Å². The Bertz CT molecular complexity index is 814. The molecule has 1 N–H and O–H groups in total. The average Bonchev–Trinajstić information content (AvgIpc) is 2.68. The molecule has 0 spiro atoms. The van der Waals surface area contributed by atoms with Gasteiger partial charge in [-0.25, -0.2) is 0 Å². The van der Waals surface area contributed by atoms with E-state index in [1.165, 1.54) is 6.92 Å². The SMILES string of the molecule is COc1ccccc1N1CCN(CC(=O)Nc2ccccc2C(C)=O)CC1. The van der Waals surface area contributed by atoms with Gasteiger partial charge in [0.05, 0.1) is 25.0 Å². The Kier molecular flexibility index (Phi) is 6.08. The van der Waals surface area contributed by atoms with Crippen LogP contribution in [0.4, 0.5) is 11.4 Å². The van der Waals surface area contributed by atoms with Gasteiger partial charge in [0.15, 0.2) is 5.78 Å². The molecule has 1 aliphatic rings. The molecule has 142 valence electrons. The number of methoxy groups -OCH3 is 1. The minimum Gasteiger partial charge on any atom is -0.495 e. The lowest BCUT2D eigenvalue weighted by atomic mass is 10.1. The number of carbonyl (C=O) groups excluding carboxylic acids is 2. The van der Waals surface area contributed by atoms with Crippen LogP contribution >= 0.6 is 0 Å². The lowest BCUT2D eigenvalue weighted by Gasteiger charge is -2.36. The van der Waals surface area contributed by atoms with E-state index in [1.54, 1.807) is 25.3 Å². The molecule has 2 aromatic carbocycles. The molecule has 0 radical (unpaired) electrons. The topological polar surface area (TPSA) is 61.9 Å². The minimum absolute atomic E-state index is 0.0590. The van der Waals surface area contributed by atoms with Crippen LogP contribution in [0, 0.1) is 0 Å². The Morgan fingerprint density at radius 3 is 2.37 bits per heavy atom. The maximum atomic E-state index is 12.4. The Hall–Kier alpha value is -2.86. The highest BCUT2D eigenvalue weighted by Crippen LogP contribution is 2.28. The summed E-state index contributed by atoms with van der Waals surface area (Å²) in [4.78, 5) is 28.5. The van der Waals surface area contributed by atoms with Crippen molar-refractivity contribution in [3.63, 3.8) is 0 Å². The fourth-order valence-corrected chi connectivity index (χ4v) is 3.33. The number of amides is 1. The van der Waals surface area contributed by atoms with E-state index in [1.807, 2.05) is 24.3 Å². The van der Waals surface area contributed by atoms with Gasteiger partial charge in [0.1, 0.15) is 5.75 Å². The lowest BCUT2D eigenvalue weighted by Crippen LogP contribution is -2.48. The van der Waals surface area contributed by atoms with Crippen molar-refractivity contribution in [1.29, 1.82) is 0 Å². The predicted octanol–water partition coefficient (Wildman–Crippen LogP) is 2.66. The average molecular weight is 367 g/mol. The molecule has 2 aromatic rings. The zero-order valence-corrected chi connectivity index (χ0v) is 15.8. The van der Waals surface area contributed by atoms with Crippen molar-refractivity contribution >= 4 is 23.1 Å². The van der Waals surface area contributed by atoms with Crippen LogP contribution in [0.15, 0.2) is 48.5 Å². The Labute approximate surface area is 159 Å². The number of para-hydroxylation sites is 3. The highest BCUT2D eigenvalue weighted by atomic mass is 16.5. The number of nitrogens with one attached hydrogen (secondary N) is 1. The van der Waals surface area contributed by atoms with Gasteiger partial charge in [0, 0.05) is 31.7 Å². The highest BCUT2D eigenvalue weighted by molar-refractivity contribution is 6.04. The summed E-state index contributed by atoms with van der Waals surface area (Å²) in [5, 5.41) is 2.87. The molecule has 27 heavy (non-hydrogen) atoms.